The number of rotatable bonds is 6. The van der Waals surface area contributed by atoms with Crippen molar-refractivity contribution in [1.29, 1.82) is 0 Å². The monoisotopic (exact) mass is 263 g/mol. The van der Waals surface area contributed by atoms with Crippen LogP contribution in [0.2, 0.25) is 0 Å². The van der Waals surface area contributed by atoms with Gasteiger partial charge in [-0.05, 0) is 13.8 Å². The lowest BCUT2D eigenvalue weighted by atomic mass is 10.6. The zero-order valence-electron chi connectivity index (χ0n) is 10.6. The Bertz CT molecular complexity index is 150. The highest BCUT2D eigenvalue weighted by molar-refractivity contribution is 8.11. The zero-order chi connectivity index (χ0) is 11.6. The van der Waals surface area contributed by atoms with E-state index in [9.17, 15) is 0 Å². The van der Waals surface area contributed by atoms with Crippen molar-refractivity contribution in [2.45, 2.75) is 67.8 Å². The number of hydrogen-bond donors (Lipinski definition) is 0. The van der Waals surface area contributed by atoms with E-state index < -0.39 is 0 Å². The molecule has 1 aliphatic carbocycles. The Balaban J connectivity index is 2.39. The summed E-state index contributed by atoms with van der Waals surface area (Å²) in [6.07, 6.45) is 0. The van der Waals surface area contributed by atoms with Gasteiger partial charge in [0.2, 0.25) is 10.5 Å². The predicted molar refractivity (Wildman–Crippen MR) is 79.0 cm³/mol. The van der Waals surface area contributed by atoms with Gasteiger partial charge >= 0.3 is 0 Å². The first-order valence-electron chi connectivity index (χ1n) is 5.76. The molecule has 88 valence electrons. The first kappa shape index (κ1) is 14.0. The summed E-state index contributed by atoms with van der Waals surface area (Å²) in [7, 11) is 0. The van der Waals surface area contributed by atoms with Crippen LogP contribution in [0.5, 0.6) is 0 Å². The SMILES string of the molecule is CC(C)S[C+]1C(SC(C)C)C1SC(C)C. The zero-order valence-corrected chi connectivity index (χ0v) is 13.1. The fourth-order valence-corrected chi connectivity index (χ4v) is 5.95. The molecule has 0 bridgehead atoms. The quantitative estimate of drug-likeness (QED) is 0.638. The van der Waals surface area contributed by atoms with E-state index in [4.69, 9.17) is 0 Å². The van der Waals surface area contributed by atoms with Crippen LogP contribution in [-0.2, 0) is 0 Å². The lowest BCUT2D eigenvalue weighted by molar-refractivity contribution is 1.10. The maximum atomic E-state index is 2.30. The molecule has 0 amide bonds. The summed E-state index contributed by atoms with van der Waals surface area (Å²) < 4.78 is 0. The Kier molecular flexibility index (Phi) is 5.61. The molecule has 0 saturated heterocycles. The van der Waals surface area contributed by atoms with Crippen molar-refractivity contribution in [3.8, 4) is 0 Å². The van der Waals surface area contributed by atoms with Crippen molar-refractivity contribution in [3.05, 3.63) is 5.25 Å². The molecule has 1 rings (SSSR count). The molecule has 1 aliphatic rings. The summed E-state index contributed by atoms with van der Waals surface area (Å²) in [6, 6.07) is 0. The smallest absolute Gasteiger partial charge is 0.101 e. The molecular weight excluding hydrogens is 240 g/mol. The van der Waals surface area contributed by atoms with E-state index in [1.165, 1.54) is 0 Å². The maximum absolute atomic E-state index is 2.30. The van der Waals surface area contributed by atoms with Crippen molar-refractivity contribution in [1.82, 2.24) is 0 Å². The molecule has 0 radical (unpaired) electrons. The molecule has 0 heterocycles. The summed E-state index contributed by atoms with van der Waals surface area (Å²) >= 11 is 6.38. The molecule has 2 unspecified atom stereocenters. The van der Waals surface area contributed by atoms with E-state index >= 15 is 0 Å². The Labute approximate surface area is 108 Å². The van der Waals surface area contributed by atoms with Gasteiger partial charge in [-0.3, -0.25) is 0 Å². The van der Waals surface area contributed by atoms with Crippen LogP contribution in [0, 0.1) is 5.25 Å². The third-order valence-electron chi connectivity index (χ3n) is 1.94. The van der Waals surface area contributed by atoms with Crippen LogP contribution in [0.3, 0.4) is 0 Å². The minimum absolute atomic E-state index is 0.744. The number of thioether (sulfide) groups is 3. The molecule has 0 aromatic heterocycles. The molecule has 0 aliphatic heterocycles. The van der Waals surface area contributed by atoms with Gasteiger partial charge in [-0.1, -0.05) is 27.7 Å². The molecular formula is C12H23S3+. The first-order chi connectivity index (χ1) is 6.91. The summed E-state index contributed by atoms with van der Waals surface area (Å²) in [4.78, 5) is 0. The Morgan fingerprint density at radius 2 is 1.13 bits per heavy atom. The molecule has 15 heavy (non-hydrogen) atoms. The lowest BCUT2D eigenvalue weighted by Crippen LogP contribution is -1.95. The minimum Gasteiger partial charge on any atom is -0.101 e. The highest BCUT2D eigenvalue weighted by atomic mass is 32.2. The van der Waals surface area contributed by atoms with Crippen molar-refractivity contribution in [2.24, 2.45) is 0 Å². The van der Waals surface area contributed by atoms with Gasteiger partial charge < -0.3 is 0 Å². The topological polar surface area (TPSA) is 0 Å². The summed E-state index contributed by atoms with van der Waals surface area (Å²) in [6.45, 7) is 13.8. The highest BCUT2D eigenvalue weighted by Gasteiger charge is 2.67. The minimum atomic E-state index is 0.744. The molecule has 2 atom stereocenters. The van der Waals surface area contributed by atoms with Gasteiger partial charge in [0.25, 0.3) is 0 Å². The Morgan fingerprint density at radius 1 is 0.733 bits per heavy atom. The molecule has 0 aromatic carbocycles. The van der Waals surface area contributed by atoms with Gasteiger partial charge in [0.15, 0.2) is 5.25 Å². The standard InChI is InChI=1S/C12H23S3/c1-7(2)13-10-11(14-8(3)4)12(10)15-9(5)6/h7-11H,1-6H3/q+1. The van der Waals surface area contributed by atoms with Gasteiger partial charge in [0.1, 0.15) is 0 Å². The molecule has 0 N–H and O–H groups in total. The fourth-order valence-electron chi connectivity index (χ4n) is 1.47. The van der Waals surface area contributed by atoms with Crippen LogP contribution in [0.15, 0.2) is 0 Å². The highest BCUT2D eigenvalue weighted by Crippen LogP contribution is 2.60. The second-order valence-corrected chi connectivity index (χ2v) is 9.88. The Morgan fingerprint density at radius 3 is 1.40 bits per heavy atom. The first-order valence-corrected chi connectivity index (χ1v) is 8.52. The molecule has 0 spiro atoms. The molecule has 1 saturated carbocycles. The van der Waals surface area contributed by atoms with Gasteiger partial charge in [-0.25, -0.2) is 0 Å². The number of hydrogen-bond acceptors (Lipinski definition) is 3. The third kappa shape index (κ3) is 4.74. The molecule has 0 aromatic rings. The summed E-state index contributed by atoms with van der Waals surface area (Å²) in [5.41, 5.74) is 0. The van der Waals surface area contributed by atoms with Crippen molar-refractivity contribution < 1.29 is 0 Å². The maximum Gasteiger partial charge on any atom is 0.213 e. The van der Waals surface area contributed by atoms with Crippen LogP contribution in [0.4, 0.5) is 0 Å². The second kappa shape index (κ2) is 6.02. The second-order valence-electron chi connectivity index (χ2n) is 4.78. The van der Waals surface area contributed by atoms with E-state index in [2.05, 4.69) is 76.8 Å². The van der Waals surface area contributed by atoms with Crippen molar-refractivity contribution >= 4 is 35.3 Å². The van der Waals surface area contributed by atoms with Crippen LogP contribution >= 0.6 is 35.3 Å². The average molecular weight is 264 g/mol. The van der Waals surface area contributed by atoms with Crippen LogP contribution in [0.1, 0.15) is 41.5 Å². The van der Waals surface area contributed by atoms with E-state index in [1.54, 1.807) is 5.25 Å². The van der Waals surface area contributed by atoms with Crippen molar-refractivity contribution in [3.63, 3.8) is 0 Å². The van der Waals surface area contributed by atoms with Gasteiger partial charge in [0.05, 0.1) is 11.8 Å². The van der Waals surface area contributed by atoms with Gasteiger partial charge in [-0.15, -0.1) is 23.5 Å². The predicted octanol–water partition coefficient (Wildman–Crippen LogP) is 4.69. The lowest BCUT2D eigenvalue weighted by Gasteiger charge is -1.98. The van der Waals surface area contributed by atoms with Crippen LogP contribution in [0.25, 0.3) is 0 Å². The van der Waals surface area contributed by atoms with E-state index in [0.29, 0.717) is 0 Å². The average Bonchev–Trinajstić information content (AvgIpc) is 2.60. The largest absolute Gasteiger partial charge is 0.213 e. The summed E-state index contributed by atoms with van der Waals surface area (Å²) in [5.74, 6) is 0. The van der Waals surface area contributed by atoms with Crippen LogP contribution in [-0.4, -0.2) is 26.2 Å². The third-order valence-corrected chi connectivity index (χ3v) is 6.39. The molecule has 3 heteroatoms. The van der Waals surface area contributed by atoms with E-state index in [-0.39, 0.29) is 0 Å². The molecule has 1 fully saturated rings. The normalized spacial score (nSPS) is 25.8. The van der Waals surface area contributed by atoms with Crippen molar-refractivity contribution in [2.75, 3.05) is 0 Å². The summed E-state index contributed by atoms with van der Waals surface area (Å²) in [5, 5.41) is 5.65. The van der Waals surface area contributed by atoms with E-state index in [1.807, 2.05) is 0 Å². The van der Waals surface area contributed by atoms with Gasteiger partial charge in [-0.2, -0.15) is 0 Å². The van der Waals surface area contributed by atoms with E-state index in [0.717, 1.165) is 26.2 Å². The Hall–Kier alpha value is 0.920. The fraction of sp³-hybridized carbons (Fsp3) is 0.917. The molecule has 0 nitrogen and oxygen atoms in total. The van der Waals surface area contributed by atoms with Crippen LogP contribution < -0.4 is 0 Å². The van der Waals surface area contributed by atoms with Gasteiger partial charge in [0, 0.05) is 15.7 Å².